The topological polar surface area (TPSA) is 75.5 Å². The van der Waals surface area contributed by atoms with Gasteiger partial charge in [0.15, 0.2) is 0 Å². The van der Waals surface area contributed by atoms with E-state index < -0.39 is 5.97 Å². The second-order valence-electron chi connectivity index (χ2n) is 4.22. The van der Waals surface area contributed by atoms with E-state index in [9.17, 15) is 4.79 Å². The highest BCUT2D eigenvalue weighted by molar-refractivity contribution is 9.10. The molecule has 0 spiro atoms. The molecule has 0 unspecified atom stereocenters. The Morgan fingerprint density at radius 3 is 2.73 bits per heavy atom. The summed E-state index contributed by atoms with van der Waals surface area (Å²) in [6.07, 6.45) is 2.76. The molecule has 1 aromatic heterocycles. The average Bonchev–Trinajstić information content (AvgIpc) is 2.94. The van der Waals surface area contributed by atoms with Gasteiger partial charge in [-0.1, -0.05) is 6.07 Å². The Kier molecular flexibility index (Phi) is 5.16. The first-order valence-corrected chi connectivity index (χ1v) is 7.02. The van der Waals surface area contributed by atoms with Crippen LogP contribution in [0.1, 0.15) is 5.56 Å². The molecular formula is C14H14BrN3O4. The summed E-state index contributed by atoms with van der Waals surface area (Å²) in [5.74, 6) is -0.217. The highest BCUT2D eigenvalue weighted by Gasteiger charge is 2.15. The number of aryl methyl sites for hydroxylation is 1. The van der Waals surface area contributed by atoms with E-state index >= 15 is 0 Å². The standard InChI is InChI=1S/C14H14BrN3O4/c1-9-4-5-10(18-16-7-13(15)17-18)6-11(9)22-12(8-20-2)14(19)21-3/h4-8H,1-3H3/b12-8-. The molecule has 0 fully saturated rings. The number of hydrogen-bond donors (Lipinski definition) is 0. The highest BCUT2D eigenvalue weighted by Crippen LogP contribution is 2.24. The van der Waals surface area contributed by atoms with Crippen molar-refractivity contribution in [3.63, 3.8) is 0 Å². The van der Waals surface area contributed by atoms with E-state index in [1.165, 1.54) is 25.3 Å². The van der Waals surface area contributed by atoms with Crippen LogP contribution in [0, 0.1) is 6.92 Å². The van der Waals surface area contributed by atoms with Crippen LogP contribution in [0.2, 0.25) is 0 Å². The molecule has 0 amide bonds. The van der Waals surface area contributed by atoms with Crippen LogP contribution in [0.15, 0.2) is 41.0 Å². The smallest absolute Gasteiger partial charge is 0.377 e. The Hall–Kier alpha value is -2.35. The van der Waals surface area contributed by atoms with Crippen LogP contribution in [0.3, 0.4) is 0 Å². The maximum Gasteiger partial charge on any atom is 0.377 e. The third-order valence-corrected chi connectivity index (χ3v) is 3.06. The molecule has 0 N–H and O–H groups in total. The van der Waals surface area contributed by atoms with Gasteiger partial charge in [0.25, 0.3) is 0 Å². The first kappa shape index (κ1) is 16.0. The Labute approximate surface area is 135 Å². The zero-order chi connectivity index (χ0) is 16.1. The number of hydrogen-bond acceptors (Lipinski definition) is 6. The van der Waals surface area contributed by atoms with Gasteiger partial charge in [0.05, 0.1) is 26.1 Å². The summed E-state index contributed by atoms with van der Waals surface area (Å²) in [5.41, 5.74) is 1.52. The molecular weight excluding hydrogens is 354 g/mol. The van der Waals surface area contributed by atoms with Crippen molar-refractivity contribution in [3.05, 3.63) is 46.6 Å². The lowest BCUT2D eigenvalue weighted by atomic mass is 10.2. The second kappa shape index (κ2) is 7.08. The summed E-state index contributed by atoms with van der Waals surface area (Å²) in [6, 6.07) is 5.39. The van der Waals surface area contributed by atoms with Crippen molar-refractivity contribution >= 4 is 21.9 Å². The molecule has 0 aliphatic carbocycles. The Morgan fingerprint density at radius 1 is 1.36 bits per heavy atom. The van der Waals surface area contributed by atoms with Gasteiger partial charge in [-0.05, 0) is 34.5 Å². The third-order valence-electron chi connectivity index (χ3n) is 2.70. The van der Waals surface area contributed by atoms with Crippen LogP contribution < -0.4 is 4.74 Å². The molecule has 0 bridgehead atoms. The number of carbonyl (C=O) groups is 1. The van der Waals surface area contributed by atoms with Crippen LogP contribution in [0.4, 0.5) is 0 Å². The number of carbonyl (C=O) groups excluding carboxylic acids is 1. The third kappa shape index (κ3) is 3.64. The molecule has 0 saturated carbocycles. The SMILES string of the molecule is CO/C=C(\Oc1cc(-n2ncc(Br)n2)ccc1C)C(=O)OC. The van der Waals surface area contributed by atoms with Crippen LogP contribution >= 0.6 is 15.9 Å². The van der Waals surface area contributed by atoms with Crippen molar-refractivity contribution in [2.75, 3.05) is 14.2 Å². The minimum atomic E-state index is -0.633. The maximum atomic E-state index is 11.6. The van der Waals surface area contributed by atoms with Gasteiger partial charge in [-0.25, -0.2) is 4.79 Å². The lowest BCUT2D eigenvalue weighted by Gasteiger charge is -2.11. The largest absolute Gasteiger partial charge is 0.500 e. The van der Waals surface area contributed by atoms with Gasteiger partial charge in [0.2, 0.25) is 5.76 Å². The lowest BCUT2D eigenvalue weighted by molar-refractivity contribution is -0.138. The van der Waals surface area contributed by atoms with Crippen molar-refractivity contribution in [2.24, 2.45) is 0 Å². The van der Waals surface area contributed by atoms with E-state index in [-0.39, 0.29) is 5.76 Å². The Morgan fingerprint density at radius 2 is 2.14 bits per heavy atom. The summed E-state index contributed by atoms with van der Waals surface area (Å²) in [5, 5.41) is 8.25. The molecule has 0 radical (unpaired) electrons. The predicted molar refractivity (Wildman–Crippen MR) is 81.5 cm³/mol. The number of benzene rings is 1. The van der Waals surface area contributed by atoms with Gasteiger partial charge in [-0.3, -0.25) is 0 Å². The molecule has 8 heteroatoms. The van der Waals surface area contributed by atoms with Gasteiger partial charge in [-0.15, -0.1) is 5.10 Å². The van der Waals surface area contributed by atoms with Crippen LogP contribution in [-0.4, -0.2) is 35.2 Å². The van der Waals surface area contributed by atoms with E-state index in [0.717, 1.165) is 5.56 Å². The predicted octanol–water partition coefficient (Wildman–Crippen LogP) is 2.38. The average molecular weight is 368 g/mol. The first-order valence-electron chi connectivity index (χ1n) is 6.23. The summed E-state index contributed by atoms with van der Waals surface area (Å²) >= 11 is 3.24. The van der Waals surface area contributed by atoms with Crippen molar-refractivity contribution < 1.29 is 19.0 Å². The second-order valence-corrected chi connectivity index (χ2v) is 5.03. The molecule has 0 saturated heterocycles. The van der Waals surface area contributed by atoms with E-state index in [2.05, 4.69) is 30.9 Å². The molecule has 0 aliphatic heterocycles. The zero-order valence-electron chi connectivity index (χ0n) is 12.2. The Bertz CT molecular complexity index is 712. The van der Waals surface area contributed by atoms with Crippen LogP contribution in [0.5, 0.6) is 5.75 Å². The number of halogens is 1. The van der Waals surface area contributed by atoms with Crippen molar-refractivity contribution in [1.82, 2.24) is 15.0 Å². The monoisotopic (exact) mass is 367 g/mol. The zero-order valence-corrected chi connectivity index (χ0v) is 13.8. The summed E-state index contributed by atoms with van der Waals surface area (Å²) in [4.78, 5) is 13.1. The van der Waals surface area contributed by atoms with Gasteiger partial charge < -0.3 is 14.2 Å². The quantitative estimate of drug-likeness (QED) is 0.458. The van der Waals surface area contributed by atoms with Crippen molar-refractivity contribution in [1.29, 1.82) is 0 Å². The van der Waals surface area contributed by atoms with Crippen LogP contribution in [-0.2, 0) is 14.3 Å². The molecule has 7 nitrogen and oxygen atoms in total. The molecule has 1 heterocycles. The molecule has 0 atom stereocenters. The number of esters is 1. The van der Waals surface area contributed by atoms with Gasteiger partial charge in [0.1, 0.15) is 16.6 Å². The fraction of sp³-hybridized carbons (Fsp3) is 0.214. The van der Waals surface area contributed by atoms with E-state index in [4.69, 9.17) is 9.47 Å². The maximum absolute atomic E-state index is 11.6. The number of nitrogens with zero attached hydrogens (tertiary/aromatic N) is 3. The van der Waals surface area contributed by atoms with Crippen molar-refractivity contribution in [3.8, 4) is 11.4 Å². The lowest BCUT2D eigenvalue weighted by Crippen LogP contribution is -2.12. The fourth-order valence-corrected chi connectivity index (χ4v) is 1.87. The highest BCUT2D eigenvalue weighted by atomic mass is 79.9. The molecule has 2 rings (SSSR count). The van der Waals surface area contributed by atoms with E-state index in [0.29, 0.717) is 16.0 Å². The molecule has 2 aromatic rings. The molecule has 1 aromatic carbocycles. The normalized spacial score (nSPS) is 11.2. The molecule has 22 heavy (non-hydrogen) atoms. The summed E-state index contributed by atoms with van der Waals surface area (Å²) in [6.45, 7) is 1.85. The van der Waals surface area contributed by atoms with E-state index in [1.54, 1.807) is 12.3 Å². The molecule has 0 aliphatic rings. The van der Waals surface area contributed by atoms with Gasteiger partial charge in [0, 0.05) is 6.07 Å². The Balaban J connectivity index is 2.34. The molecule has 116 valence electrons. The summed E-state index contributed by atoms with van der Waals surface area (Å²) in [7, 11) is 2.68. The van der Waals surface area contributed by atoms with Crippen molar-refractivity contribution in [2.45, 2.75) is 6.92 Å². The van der Waals surface area contributed by atoms with Gasteiger partial charge >= 0.3 is 5.97 Å². The van der Waals surface area contributed by atoms with Gasteiger partial charge in [-0.2, -0.15) is 9.90 Å². The minimum absolute atomic E-state index is 0.0557. The minimum Gasteiger partial charge on any atom is -0.500 e. The number of rotatable bonds is 5. The first-order chi connectivity index (χ1) is 10.5. The van der Waals surface area contributed by atoms with Crippen LogP contribution in [0.25, 0.3) is 5.69 Å². The summed E-state index contributed by atoms with van der Waals surface area (Å²) < 4.78 is 15.7. The fourth-order valence-electron chi connectivity index (χ4n) is 1.63. The number of aromatic nitrogens is 3. The van der Waals surface area contributed by atoms with E-state index in [1.807, 2.05) is 19.1 Å². The number of methoxy groups -OCH3 is 2. The number of ether oxygens (including phenoxy) is 3.